The molecule has 0 aliphatic rings. The van der Waals surface area contributed by atoms with Crippen LogP contribution < -0.4 is 0 Å². The number of aryl methyl sites for hydroxylation is 2. The number of hydrogen-bond acceptors (Lipinski definition) is 3. The summed E-state index contributed by atoms with van der Waals surface area (Å²) >= 11 is 0. The van der Waals surface area contributed by atoms with Gasteiger partial charge in [0.25, 0.3) is 0 Å². The first-order valence-electron chi connectivity index (χ1n) is 5.79. The van der Waals surface area contributed by atoms with Crippen LogP contribution in [0.4, 0.5) is 0 Å². The minimum absolute atomic E-state index is 0.0962. The zero-order valence-electron chi connectivity index (χ0n) is 10.8. The second-order valence-electron chi connectivity index (χ2n) is 4.21. The average molecular weight is 248 g/mol. The zero-order chi connectivity index (χ0) is 13.8. The molecule has 0 amide bonds. The Morgan fingerprint density at radius 1 is 1.16 bits per heavy atom. The summed E-state index contributed by atoms with van der Waals surface area (Å²) < 4.78 is 1.86. The number of nitrogens with zero attached hydrogens (tertiary/aromatic N) is 4. The molecule has 1 aromatic carbocycles. The summed E-state index contributed by atoms with van der Waals surface area (Å²) in [5, 5.41) is 21.8. The Kier molecular flexibility index (Phi) is 3.45. The van der Waals surface area contributed by atoms with E-state index in [1.54, 1.807) is 6.08 Å². The Bertz CT molecular complexity index is 690. The Morgan fingerprint density at radius 2 is 1.79 bits per heavy atom. The molecule has 4 nitrogen and oxygen atoms in total. The van der Waals surface area contributed by atoms with Crippen molar-refractivity contribution in [1.29, 1.82) is 10.5 Å². The van der Waals surface area contributed by atoms with E-state index in [-0.39, 0.29) is 5.57 Å². The normalized spacial score (nSPS) is 9.47. The van der Waals surface area contributed by atoms with Crippen molar-refractivity contribution in [2.24, 2.45) is 0 Å². The third kappa shape index (κ3) is 2.70. The van der Waals surface area contributed by atoms with Crippen molar-refractivity contribution in [1.82, 2.24) is 9.78 Å². The molecule has 0 fully saturated rings. The van der Waals surface area contributed by atoms with Gasteiger partial charge in [-0.15, -0.1) is 0 Å². The third-order valence-electron chi connectivity index (χ3n) is 2.70. The largest absolute Gasteiger partial charge is 0.238 e. The van der Waals surface area contributed by atoms with E-state index in [9.17, 15) is 0 Å². The van der Waals surface area contributed by atoms with Crippen LogP contribution in [0.25, 0.3) is 11.8 Å². The van der Waals surface area contributed by atoms with Gasteiger partial charge in [0.2, 0.25) is 0 Å². The highest BCUT2D eigenvalue weighted by Crippen LogP contribution is 2.14. The Morgan fingerprint density at radius 3 is 2.26 bits per heavy atom. The number of hydrogen-bond donors (Lipinski definition) is 0. The van der Waals surface area contributed by atoms with Gasteiger partial charge in [-0.2, -0.15) is 15.6 Å². The smallest absolute Gasteiger partial charge is 0.130 e. The fraction of sp³-hybridized carbons (Fsp3) is 0.133. The summed E-state index contributed by atoms with van der Waals surface area (Å²) in [5.41, 5.74) is 3.91. The van der Waals surface area contributed by atoms with Crippen molar-refractivity contribution in [2.45, 2.75) is 13.8 Å². The molecule has 92 valence electrons. The number of benzene rings is 1. The molecular weight excluding hydrogens is 236 g/mol. The van der Waals surface area contributed by atoms with Gasteiger partial charge in [0.05, 0.1) is 11.4 Å². The van der Waals surface area contributed by atoms with Gasteiger partial charge in [-0.25, -0.2) is 4.68 Å². The number of rotatable bonds is 2. The van der Waals surface area contributed by atoms with Gasteiger partial charge >= 0.3 is 0 Å². The molecule has 0 bridgehead atoms. The van der Waals surface area contributed by atoms with Crippen molar-refractivity contribution in [3.63, 3.8) is 0 Å². The van der Waals surface area contributed by atoms with Crippen molar-refractivity contribution in [2.75, 3.05) is 0 Å². The molecule has 2 rings (SSSR count). The van der Waals surface area contributed by atoms with Gasteiger partial charge in [-0.3, -0.25) is 0 Å². The van der Waals surface area contributed by atoms with E-state index in [2.05, 4.69) is 5.10 Å². The van der Waals surface area contributed by atoms with Crippen molar-refractivity contribution in [3.8, 4) is 17.8 Å². The molecule has 0 spiro atoms. The van der Waals surface area contributed by atoms with E-state index >= 15 is 0 Å². The molecular formula is C15H12N4. The number of allylic oxidation sites excluding steroid dienone is 1. The lowest BCUT2D eigenvalue weighted by atomic mass is 10.1. The lowest BCUT2D eigenvalue weighted by molar-refractivity contribution is 0.833. The molecule has 0 atom stereocenters. The second-order valence-corrected chi connectivity index (χ2v) is 4.21. The monoisotopic (exact) mass is 248 g/mol. The highest BCUT2D eigenvalue weighted by Gasteiger charge is 2.03. The minimum Gasteiger partial charge on any atom is -0.238 e. The van der Waals surface area contributed by atoms with Crippen LogP contribution in [0.15, 0.2) is 35.9 Å². The van der Waals surface area contributed by atoms with Crippen molar-refractivity contribution < 1.29 is 0 Å². The zero-order valence-corrected chi connectivity index (χ0v) is 10.8. The number of nitriles is 2. The third-order valence-corrected chi connectivity index (χ3v) is 2.70. The molecule has 0 saturated carbocycles. The Labute approximate surface area is 111 Å². The summed E-state index contributed by atoms with van der Waals surface area (Å²) in [6, 6.07) is 13.2. The summed E-state index contributed by atoms with van der Waals surface area (Å²) in [6.07, 6.45) is 1.56. The average Bonchev–Trinajstić information content (AvgIpc) is 2.76. The van der Waals surface area contributed by atoms with Crippen molar-refractivity contribution >= 4 is 6.08 Å². The molecule has 0 aliphatic carbocycles. The van der Waals surface area contributed by atoms with E-state index in [1.807, 2.05) is 61.0 Å². The van der Waals surface area contributed by atoms with E-state index in [1.165, 1.54) is 0 Å². The maximum atomic E-state index is 8.70. The summed E-state index contributed by atoms with van der Waals surface area (Å²) in [5.74, 6) is 0. The Hall–Kier alpha value is -2.85. The van der Waals surface area contributed by atoms with Gasteiger partial charge < -0.3 is 0 Å². The van der Waals surface area contributed by atoms with Crippen LogP contribution in [0.1, 0.15) is 17.0 Å². The maximum absolute atomic E-state index is 8.70. The standard InChI is InChI=1S/C15H12N4/c1-11-7-12(2)19(18-11)15-5-3-13(4-6-15)8-14(9-16)10-17/h3-8H,1-2H3. The molecule has 0 saturated heterocycles. The first-order valence-corrected chi connectivity index (χ1v) is 5.79. The fourth-order valence-electron chi connectivity index (χ4n) is 1.86. The first kappa shape index (κ1) is 12.6. The highest BCUT2D eigenvalue weighted by atomic mass is 15.3. The molecule has 1 heterocycles. The lowest BCUT2D eigenvalue weighted by Crippen LogP contribution is -1.98. The van der Waals surface area contributed by atoms with Crippen LogP contribution in [0, 0.1) is 36.5 Å². The van der Waals surface area contributed by atoms with Gasteiger partial charge in [-0.1, -0.05) is 12.1 Å². The van der Waals surface area contributed by atoms with Crippen LogP contribution in [0.3, 0.4) is 0 Å². The molecule has 4 heteroatoms. The second kappa shape index (κ2) is 5.20. The summed E-state index contributed by atoms with van der Waals surface area (Å²) in [4.78, 5) is 0. The molecule has 0 N–H and O–H groups in total. The van der Waals surface area contributed by atoms with Crippen LogP contribution in [0.2, 0.25) is 0 Å². The highest BCUT2D eigenvalue weighted by molar-refractivity contribution is 5.62. The van der Waals surface area contributed by atoms with Gasteiger partial charge in [-0.05, 0) is 43.7 Å². The number of aromatic nitrogens is 2. The van der Waals surface area contributed by atoms with Gasteiger partial charge in [0.15, 0.2) is 0 Å². The van der Waals surface area contributed by atoms with Crippen LogP contribution in [-0.2, 0) is 0 Å². The van der Waals surface area contributed by atoms with Crippen LogP contribution >= 0.6 is 0 Å². The minimum atomic E-state index is 0.0962. The van der Waals surface area contributed by atoms with Crippen molar-refractivity contribution in [3.05, 3.63) is 52.9 Å². The van der Waals surface area contributed by atoms with E-state index in [4.69, 9.17) is 10.5 Å². The topological polar surface area (TPSA) is 65.4 Å². The fourth-order valence-corrected chi connectivity index (χ4v) is 1.86. The predicted molar refractivity (Wildman–Crippen MR) is 72.2 cm³/mol. The quantitative estimate of drug-likeness (QED) is 0.767. The molecule has 0 aliphatic heterocycles. The van der Waals surface area contributed by atoms with Crippen LogP contribution in [-0.4, -0.2) is 9.78 Å². The maximum Gasteiger partial charge on any atom is 0.130 e. The molecule has 2 aromatic rings. The summed E-state index contributed by atoms with van der Waals surface area (Å²) in [6.45, 7) is 3.95. The lowest BCUT2D eigenvalue weighted by Gasteiger charge is -2.04. The first-order chi connectivity index (χ1) is 9.13. The van der Waals surface area contributed by atoms with Crippen LogP contribution in [0.5, 0.6) is 0 Å². The van der Waals surface area contributed by atoms with Gasteiger partial charge in [0.1, 0.15) is 17.7 Å². The van der Waals surface area contributed by atoms with E-state index in [0.717, 1.165) is 22.6 Å². The molecule has 19 heavy (non-hydrogen) atoms. The van der Waals surface area contributed by atoms with Gasteiger partial charge in [0, 0.05) is 5.69 Å². The van der Waals surface area contributed by atoms with E-state index in [0.29, 0.717) is 0 Å². The van der Waals surface area contributed by atoms with E-state index < -0.39 is 0 Å². The Balaban J connectivity index is 2.35. The summed E-state index contributed by atoms with van der Waals surface area (Å²) in [7, 11) is 0. The predicted octanol–water partition coefficient (Wildman–Crippen LogP) is 2.92. The molecule has 0 radical (unpaired) electrons. The molecule has 1 aromatic heterocycles. The SMILES string of the molecule is Cc1cc(C)n(-c2ccc(C=C(C#N)C#N)cc2)n1. The molecule has 0 unspecified atom stereocenters.